The monoisotopic (exact) mass is 532 g/mol. The van der Waals surface area contributed by atoms with E-state index >= 15 is 0 Å². The Labute approximate surface area is 229 Å². The van der Waals surface area contributed by atoms with Gasteiger partial charge in [0.15, 0.2) is 11.6 Å². The van der Waals surface area contributed by atoms with Crippen molar-refractivity contribution < 1.29 is 23.9 Å². The SMILES string of the molecule is Cc1ccc([C@H]2OC3(C(=O)c4ccccc4C3=O)[C@H](c3cccc(Cl)c3)C23C(=O)c2ccccc2C3=O)cc1. The minimum atomic E-state index is -2.13. The fourth-order valence-corrected chi connectivity index (χ4v) is 6.95. The van der Waals surface area contributed by atoms with Crippen LogP contribution >= 0.6 is 11.6 Å². The Morgan fingerprint density at radius 2 is 1.13 bits per heavy atom. The summed E-state index contributed by atoms with van der Waals surface area (Å²) in [5, 5.41) is 0.349. The van der Waals surface area contributed by atoms with Gasteiger partial charge in [-0.15, -0.1) is 0 Å². The normalized spacial score (nSPS) is 22.1. The first-order valence-corrected chi connectivity index (χ1v) is 13.1. The summed E-state index contributed by atoms with van der Waals surface area (Å²) in [6, 6.07) is 27.1. The van der Waals surface area contributed by atoms with Crippen molar-refractivity contribution in [3.63, 3.8) is 0 Å². The van der Waals surface area contributed by atoms with Crippen molar-refractivity contribution in [3.8, 4) is 0 Å². The van der Waals surface area contributed by atoms with Crippen molar-refractivity contribution in [2.45, 2.75) is 24.5 Å². The van der Waals surface area contributed by atoms with Gasteiger partial charge in [0, 0.05) is 27.3 Å². The molecule has 1 aliphatic heterocycles. The lowest BCUT2D eigenvalue weighted by Crippen LogP contribution is -2.51. The molecule has 0 aromatic heterocycles. The van der Waals surface area contributed by atoms with Crippen LogP contribution in [-0.2, 0) is 4.74 Å². The smallest absolute Gasteiger partial charge is 0.204 e. The number of rotatable bonds is 2. The van der Waals surface area contributed by atoms with E-state index in [1.807, 2.05) is 19.1 Å². The fourth-order valence-electron chi connectivity index (χ4n) is 6.75. The highest BCUT2D eigenvalue weighted by Crippen LogP contribution is 2.68. The second kappa shape index (κ2) is 8.15. The van der Waals surface area contributed by atoms with E-state index in [9.17, 15) is 19.2 Å². The molecule has 0 radical (unpaired) electrons. The molecule has 39 heavy (non-hydrogen) atoms. The van der Waals surface area contributed by atoms with Gasteiger partial charge < -0.3 is 4.74 Å². The maximum absolute atomic E-state index is 14.6. The summed E-state index contributed by atoms with van der Waals surface area (Å²) in [6.45, 7) is 1.92. The lowest BCUT2D eigenvalue weighted by molar-refractivity contribution is -0.0210. The average Bonchev–Trinajstić information content (AvgIpc) is 3.47. The predicted octanol–water partition coefficient (Wildman–Crippen LogP) is 6.39. The maximum Gasteiger partial charge on any atom is 0.204 e. The number of ether oxygens (including phenoxy) is 1. The molecule has 7 rings (SSSR count). The first kappa shape index (κ1) is 23.9. The van der Waals surface area contributed by atoms with E-state index < -0.39 is 46.2 Å². The van der Waals surface area contributed by atoms with E-state index in [-0.39, 0.29) is 22.3 Å². The van der Waals surface area contributed by atoms with Crippen molar-refractivity contribution in [1.29, 1.82) is 0 Å². The van der Waals surface area contributed by atoms with Crippen LogP contribution in [0.5, 0.6) is 0 Å². The molecule has 3 aliphatic rings. The van der Waals surface area contributed by atoms with Crippen LogP contribution in [-0.4, -0.2) is 28.7 Å². The zero-order valence-electron chi connectivity index (χ0n) is 20.8. The van der Waals surface area contributed by atoms with Gasteiger partial charge in [-0.2, -0.15) is 0 Å². The van der Waals surface area contributed by atoms with Crippen molar-refractivity contribution in [1.82, 2.24) is 0 Å². The molecule has 1 heterocycles. The molecule has 2 spiro atoms. The summed E-state index contributed by atoms with van der Waals surface area (Å²) in [5.41, 5.74) is -1.18. The minimum absolute atomic E-state index is 0.213. The largest absolute Gasteiger partial charge is 0.348 e. The number of ketones is 4. The van der Waals surface area contributed by atoms with E-state index in [4.69, 9.17) is 16.3 Å². The Bertz CT molecular complexity index is 1680. The minimum Gasteiger partial charge on any atom is -0.348 e. The molecule has 6 heteroatoms. The molecule has 0 amide bonds. The highest BCUT2D eigenvalue weighted by Gasteiger charge is 2.79. The molecule has 2 aliphatic carbocycles. The first-order valence-electron chi connectivity index (χ1n) is 12.7. The van der Waals surface area contributed by atoms with Gasteiger partial charge in [0.25, 0.3) is 0 Å². The second-order valence-corrected chi connectivity index (χ2v) is 10.8. The van der Waals surface area contributed by atoms with Gasteiger partial charge in [-0.3, -0.25) is 19.2 Å². The highest BCUT2D eigenvalue weighted by molar-refractivity contribution is 6.37. The molecule has 0 saturated carbocycles. The molecule has 1 saturated heterocycles. The standard InChI is InChI=1S/C33H21ClO5/c1-18-13-15-19(16-14-18)31-32(27(35)22-9-2-3-10-23(22)28(32)36)26(20-7-6-8-21(34)17-20)33(39-31)29(37)24-11-4-5-12-25(24)30(33)38/h2-17,26,31H,1H3/t26-,31-/m1/s1. The van der Waals surface area contributed by atoms with Crippen LogP contribution in [0.3, 0.4) is 0 Å². The molecule has 4 aromatic rings. The number of carbonyl (C=O) groups excluding carboxylic acids is 4. The van der Waals surface area contributed by atoms with Crippen LogP contribution in [0.25, 0.3) is 0 Å². The van der Waals surface area contributed by atoms with E-state index in [1.54, 1.807) is 84.9 Å². The van der Waals surface area contributed by atoms with Gasteiger partial charge in [-0.1, -0.05) is 102 Å². The molecule has 5 nitrogen and oxygen atoms in total. The van der Waals surface area contributed by atoms with E-state index in [0.29, 0.717) is 16.1 Å². The number of halogens is 1. The average molecular weight is 533 g/mol. The van der Waals surface area contributed by atoms with Crippen LogP contribution in [0.2, 0.25) is 5.02 Å². The van der Waals surface area contributed by atoms with Crippen LogP contribution in [0.1, 0.15) is 70.1 Å². The highest BCUT2D eigenvalue weighted by atomic mass is 35.5. The van der Waals surface area contributed by atoms with Crippen molar-refractivity contribution in [3.05, 3.63) is 141 Å². The Balaban J connectivity index is 1.60. The number of hydrogen-bond acceptors (Lipinski definition) is 5. The van der Waals surface area contributed by atoms with Gasteiger partial charge in [0.05, 0.1) is 5.92 Å². The van der Waals surface area contributed by atoms with Gasteiger partial charge >= 0.3 is 0 Å². The maximum atomic E-state index is 14.6. The molecule has 4 aromatic carbocycles. The quantitative estimate of drug-likeness (QED) is 0.280. The van der Waals surface area contributed by atoms with Gasteiger partial charge in [0.2, 0.25) is 17.2 Å². The molecular weight excluding hydrogens is 512 g/mol. The topological polar surface area (TPSA) is 77.5 Å². The van der Waals surface area contributed by atoms with Gasteiger partial charge in [0.1, 0.15) is 11.5 Å². The summed E-state index contributed by atoms with van der Waals surface area (Å²) >= 11 is 6.43. The van der Waals surface area contributed by atoms with Crippen molar-refractivity contribution in [2.75, 3.05) is 0 Å². The van der Waals surface area contributed by atoms with E-state index in [0.717, 1.165) is 5.56 Å². The molecule has 2 atom stereocenters. The number of Topliss-reactive ketones (excluding diaryl/α,β-unsaturated/α-hetero) is 4. The third-order valence-corrected chi connectivity index (χ3v) is 8.64. The number of hydrogen-bond donors (Lipinski definition) is 0. The molecule has 0 unspecified atom stereocenters. The molecule has 1 fully saturated rings. The number of benzene rings is 4. The summed E-state index contributed by atoms with van der Waals surface area (Å²) < 4.78 is 6.68. The number of aryl methyl sites for hydroxylation is 1. The summed E-state index contributed by atoms with van der Waals surface area (Å²) in [4.78, 5) is 58.0. The lowest BCUT2D eigenvalue weighted by Gasteiger charge is -2.34. The zero-order chi connectivity index (χ0) is 27.1. The summed E-state index contributed by atoms with van der Waals surface area (Å²) in [6.07, 6.45) is -1.20. The Morgan fingerprint density at radius 3 is 1.64 bits per heavy atom. The van der Waals surface area contributed by atoms with Gasteiger partial charge in [-0.05, 0) is 30.2 Å². The van der Waals surface area contributed by atoms with E-state index in [2.05, 4.69) is 0 Å². The first-order chi connectivity index (χ1) is 18.8. The summed E-state index contributed by atoms with van der Waals surface area (Å²) in [5.74, 6) is -3.30. The van der Waals surface area contributed by atoms with E-state index in [1.165, 1.54) is 0 Å². The molecule has 190 valence electrons. The molecular formula is C33H21ClO5. The van der Waals surface area contributed by atoms with Crippen LogP contribution in [0, 0.1) is 12.3 Å². The van der Waals surface area contributed by atoms with Gasteiger partial charge in [-0.25, -0.2) is 0 Å². The third-order valence-electron chi connectivity index (χ3n) is 8.40. The Kier molecular flexibility index (Phi) is 5.00. The Hall–Kier alpha value is -4.19. The number of fused-ring (bicyclic) bond motifs is 2. The zero-order valence-corrected chi connectivity index (χ0v) is 21.6. The Morgan fingerprint density at radius 1 is 0.615 bits per heavy atom. The van der Waals surface area contributed by atoms with Crippen molar-refractivity contribution >= 4 is 34.7 Å². The van der Waals surface area contributed by atoms with Crippen LogP contribution in [0.15, 0.2) is 97.1 Å². The second-order valence-electron chi connectivity index (χ2n) is 10.4. The molecule has 0 N–H and O–H groups in total. The van der Waals surface area contributed by atoms with Crippen LogP contribution < -0.4 is 0 Å². The van der Waals surface area contributed by atoms with Crippen LogP contribution in [0.4, 0.5) is 0 Å². The predicted molar refractivity (Wildman–Crippen MR) is 145 cm³/mol. The fraction of sp³-hybridized carbons (Fsp3) is 0.152. The van der Waals surface area contributed by atoms with Crippen molar-refractivity contribution in [2.24, 2.45) is 5.41 Å². The number of carbonyl (C=O) groups is 4. The summed E-state index contributed by atoms with van der Waals surface area (Å²) in [7, 11) is 0. The lowest BCUT2D eigenvalue weighted by atomic mass is 9.60. The third kappa shape index (κ3) is 2.89. The molecule has 0 bridgehead atoms.